The van der Waals surface area contributed by atoms with E-state index >= 15 is 0 Å². The van der Waals surface area contributed by atoms with Crippen LogP contribution in [-0.4, -0.2) is 9.78 Å². The van der Waals surface area contributed by atoms with E-state index in [2.05, 4.69) is 22.8 Å². The molecular formula is C10H18N2. The fourth-order valence-corrected chi connectivity index (χ4v) is 1.56. The first kappa shape index (κ1) is 9.30. The predicted octanol–water partition coefficient (Wildman–Crippen LogP) is 2.55. The lowest BCUT2D eigenvalue weighted by Gasteiger charge is -2.11. The fourth-order valence-electron chi connectivity index (χ4n) is 1.56. The van der Waals surface area contributed by atoms with Crippen molar-refractivity contribution in [3.63, 3.8) is 0 Å². The maximum absolute atomic E-state index is 4.37. The number of aryl methyl sites for hydroxylation is 3. The Balaban J connectivity index is 0.000000336. The van der Waals surface area contributed by atoms with Crippen molar-refractivity contribution in [1.82, 2.24) is 9.78 Å². The van der Waals surface area contributed by atoms with Gasteiger partial charge in [-0.2, -0.15) is 5.10 Å². The molecular weight excluding hydrogens is 148 g/mol. The molecule has 1 aliphatic rings. The summed E-state index contributed by atoms with van der Waals surface area (Å²) in [5.74, 6) is 0. The van der Waals surface area contributed by atoms with Gasteiger partial charge in [0.1, 0.15) is 0 Å². The summed E-state index contributed by atoms with van der Waals surface area (Å²) in [4.78, 5) is 0. The first-order chi connectivity index (χ1) is 5.86. The van der Waals surface area contributed by atoms with Gasteiger partial charge in [-0.15, -0.1) is 0 Å². The molecule has 2 nitrogen and oxygen atoms in total. The molecule has 0 aliphatic carbocycles. The predicted molar refractivity (Wildman–Crippen MR) is 51.3 cm³/mol. The third-order valence-electron chi connectivity index (χ3n) is 2.04. The highest BCUT2D eigenvalue weighted by atomic mass is 15.3. The topological polar surface area (TPSA) is 17.8 Å². The summed E-state index contributed by atoms with van der Waals surface area (Å²) in [7, 11) is 0. The Morgan fingerprint density at radius 3 is 2.75 bits per heavy atom. The van der Waals surface area contributed by atoms with Crippen LogP contribution in [0, 0.1) is 6.92 Å². The van der Waals surface area contributed by atoms with Crippen LogP contribution in [0.25, 0.3) is 0 Å². The van der Waals surface area contributed by atoms with Crippen molar-refractivity contribution in [2.75, 3.05) is 0 Å². The van der Waals surface area contributed by atoms with E-state index in [1.165, 1.54) is 25.0 Å². The molecule has 1 aliphatic heterocycles. The molecule has 0 amide bonds. The van der Waals surface area contributed by atoms with E-state index in [0.29, 0.717) is 0 Å². The van der Waals surface area contributed by atoms with E-state index in [4.69, 9.17) is 0 Å². The summed E-state index contributed by atoms with van der Waals surface area (Å²) in [5, 5.41) is 4.37. The lowest BCUT2D eigenvalue weighted by Crippen LogP contribution is -2.10. The van der Waals surface area contributed by atoms with E-state index in [0.717, 1.165) is 12.2 Å². The van der Waals surface area contributed by atoms with E-state index in [-0.39, 0.29) is 0 Å². The average molecular weight is 166 g/mol. The van der Waals surface area contributed by atoms with Gasteiger partial charge in [-0.05, 0) is 32.3 Å². The quantitative estimate of drug-likeness (QED) is 0.579. The molecule has 0 atom stereocenters. The highest BCUT2D eigenvalue weighted by molar-refractivity contribution is 5.10. The molecule has 0 spiro atoms. The van der Waals surface area contributed by atoms with Crippen LogP contribution >= 0.6 is 0 Å². The summed E-state index contributed by atoms with van der Waals surface area (Å²) in [5.41, 5.74) is 2.58. The van der Waals surface area contributed by atoms with Crippen LogP contribution in [0.3, 0.4) is 0 Å². The van der Waals surface area contributed by atoms with Crippen LogP contribution in [0.15, 0.2) is 6.07 Å². The number of hydrogen-bond acceptors (Lipinski definition) is 1. The molecule has 0 bridgehead atoms. The van der Waals surface area contributed by atoms with Gasteiger partial charge in [0.25, 0.3) is 0 Å². The molecule has 0 N–H and O–H groups in total. The van der Waals surface area contributed by atoms with Gasteiger partial charge in [-0.3, -0.25) is 4.68 Å². The smallest absolute Gasteiger partial charge is 0.0596 e. The van der Waals surface area contributed by atoms with Gasteiger partial charge in [-0.1, -0.05) is 13.8 Å². The van der Waals surface area contributed by atoms with Crippen LogP contribution in [0.4, 0.5) is 0 Å². The maximum Gasteiger partial charge on any atom is 0.0596 e. The second-order valence-corrected chi connectivity index (χ2v) is 2.96. The minimum atomic E-state index is 1.13. The number of hydrogen-bond donors (Lipinski definition) is 0. The molecule has 1 aromatic heterocycles. The van der Waals surface area contributed by atoms with Crippen molar-refractivity contribution in [2.45, 2.75) is 46.6 Å². The van der Waals surface area contributed by atoms with Crippen molar-refractivity contribution in [3.8, 4) is 0 Å². The summed E-state index contributed by atoms with van der Waals surface area (Å²) in [6.07, 6.45) is 3.86. The summed E-state index contributed by atoms with van der Waals surface area (Å²) >= 11 is 0. The van der Waals surface area contributed by atoms with E-state index in [1.54, 1.807) is 0 Å². The van der Waals surface area contributed by atoms with Gasteiger partial charge in [0, 0.05) is 12.2 Å². The van der Waals surface area contributed by atoms with Crippen LogP contribution < -0.4 is 0 Å². The fraction of sp³-hybridized carbons (Fsp3) is 0.700. The van der Waals surface area contributed by atoms with Crippen molar-refractivity contribution in [1.29, 1.82) is 0 Å². The standard InChI is InChI=1S/C8H12N2.C2H6/c1-7-6-8-4-2-3-5-10(8)9-7;1-2/h6H,2-5H2,1H3;1-2H3. The van der Waals surface area contributed by atoms with E-state index < -0.39 is 0 Å². The van der Waals surface area contributed by atoms with E-state index in [9.17, 15) is 0 Å². The highest BCUT2D eigenvalue weighted by Crippen LogP contribution is 2.14. The zero-order chi connectivity index (χ0) is 8.97. The zero-order valence-electron chi connectivity index (χ0n) is 8.30. The van der Waals surface area contributed by atoms with Crippen molar-refractivity contribution < 1.29 is 0 Å². The Morgan fingerprint density at radius 2 is 2.08 bits per heavy atom. The minimum Gasteiger partial charge on any atom is -0.269 e. The second-order valence-electron chi connectivity index (χ2n) is 2.96. The van der Waals surface area contributed by atoms with Gasteiger partial charge in [0.05, 0.1) is 5.69 Å². The highest BCUT2D eigenvalue weighted by Gasteiger charge is 2.08. The lowest BCUT2D eigenvalue weighted by atomic mass is 10.1. The largest absolute Gasteiger partial charge is 0.269 e. The van der Waals surface area contributed by atoms with Crippen molar-refractivity contribution in [3.05, 3.63) is 17.5 Å². The lowest BCUT2D eigenvalue weighted by molar-refractivity contribution is 0.484. The van der Waals surface area contributed by atoms with Crippen molar-refractivity contribution in [2.24, 2.45) is 0 Å². The zero-order valence-corrected chi connectivity index (χ0v) is 8.30. The maximum atomic E-state index is 4.37. The Bertz CT molecular complexity index is 214. The van der Waals surface area contributed by atoms with Crippen molar-refractivity contribution >= 4 is 0 Å². The third-order valence-corrected chi connectivity index (χ3v) is 2.04. The molecule has 0 unspecified atom stereocenters. The summed E-state index contributed by atoms with van der Waals surface area (Å²) in [6.45, 7) is 7.19. The first-order valence-electron chi connectivity index (χ1n) is 4.89. The molecule has 1 aromatic rings. The average Bonchev–Trinajstić information content (AvgIpc) is 2.48. The van der Waals surface area contributed by atoms with Gasteiger partial charge in [-0.25, -0.2) is 0 Å². The molecule has 12 heavy (non-hydrogen) atoms. The molecule has 0 radical (unpaired) electrons. The molecule has 68 valence electrons. The van der Waals surface area contributed by atoms with Crippen LogP contribution in [0.1, 0.15) is 38.1 Å². The van der Waals surface area contributed by atoms with Gasteiger partial charge in [0.2, 0.25) is 0 Å². The molecule has 2 heteroatoms. The van der Waals surface area contributed by atoms with E-state index in [1.807, 2.05) is 13.8 Å². The summed E-state index contributed by atoms with van der Waals surface area (Å²) in [6, 6.07) is 2.19. The molecule has 2 heterocycles. The Labute approximate surface area is 74.6 Å². The normalized spacial score (nSPS) is 14.6. The molecule has 0 saturated heterocycles. The molecule has 2 rings (SSSR count). The molecule has 0 fully saturated rings. The van der Waals surface area contributed by atoms with Gasteiger partial charge < -0.3 is 0 Å². The molecule has 0 aromatic carbocycles. The Kier molecular flexibility index (Phi) is 3.32. The number of aromatic nitrogens is 2. The Morgan fingerprint density at radius 1 is 1.33 bits per heavy atom. The number of rotatable bonds is 0. The van der Waals surface area contributed by atoms with Gasteiger partial charge >= 0.3 is 0 Å². The van der Waals surface area contributed by atoms with Crippen LogP contribution in [0.2, 0.25) is 0 Å². The second kappa shape index (κ2) is 4.29. The minimum absolute atomic E-state index is 1.13. The first-order valence-corrected chi connectivity index (χ1v) is 4.89. The third kappa shape index (κ3) is 1.87. The SMILES string of the molecule is CC.Cc1cc2n(n1)CCCC2. The van der Waals surface area contributed by atoms with Crippen LogP contribution in [-0.2, 0) is 13.0 Å². The molecule has 0 saturated carbocycles. The monoisotopic (exact) mass is 166 g/mol. The summed E-state index contributed by atoms with van der Waals surface area (Å²) < 4.78 is 2.14. The number of nitrogens with zero attached hydrogens (tertiary/aromatic N) is 2. The van der Waals surface area contributed by atoms with Gasteiger partial charge in [0.15, 0.2) is 0 Å². The number of fused-ring (bicyclic) bond motifs is 1. The Hall–Kier alpha value is -0.790. The van der Waals surface area contributed by atoms with Crippen LogP contribution in [0.5, 0.6) is 0 Å².